The summed E-state index contributed by atoms with van der Waals surface area (Å²) in [4.78, 5) is 36.5. The van der Waals surface area contributed by atoms with Gasteiger partial charge in [0.2, 0.25) is 11.8 Å². The number of imide groups is 1. The molecule has 6 heteroatoms. The quantitative estimate of drug-likeness (QED) is 0.779. The van der Waals surface area contributed by atoms with E-state index in [-0.39, 0.29) is 17.7 Å². The Morgan fingerprint density at radius 1 is 1.18 bits per heavy atom. The van der Waals surface area contributed by atoms with Crippen molar-refractivity contribution in [3.63, 3.8) is 0 Å². The molecule has 2 N–H and O–H groups in total. The number of aryl methyl sites for hydroxylation is 1. The maximum atomic E-state index is 12.5. The van der Waals surface area contributed by atoms with E-state index in [1.807, 2.05) is 32.0 Å². The molecule has 1 aliphatic heterocycles. The molecule has 0 aromatic heterocycles. The van der Waals surface area contributed by atoms with Crippen LogP contribution in [0.4, 0.5) is 5.69 Å². The molecule has 146 valence electrons. The normalized spacial score (nSPS) is 19.1. The smallest absolute Gasteiger partial charge is 0.255 e. The van der Waals surface area contributed by atoms with Gasteiger partial charge in [0.15, 0.2) is 0 Å². The summed E-state index contributed by atoms with van der Waals surface area (Å²) < 4.78 is 5.27. The van der Waals surface area contributed by atoms with Crippen LogP contribution in [0.1, 0.15) is 47.7 Å². The molecule has 1 atom stereocenters. The lowest BCUT2D eigenvalue weighted by atomic mass is 9.72. The fourth-order valence-corrected chi connectivity index (χ4v) is 3.60. The van der Waals surface area contributed by atoms with Crippen molar-refractivity contribution in [2.45, 2.75) is 38.5 Å². The first-order valence-electron chi connectivity index (χ1n) is 9.30. The van der Waals surface area contributed by atoms with Gasteiger partial charge in [0.25, 0.3) is 5.91 Å². The Balaban J connectivity index is 1.78. The summed E-state index contributed by atoms with van der Waals surface area (Å²) in [6, 6.07) is 12.5. The van der Waals surface area contributed by atoms with Gasteiger partial charge < -0.3 is 10.1 Å². The third kappa shape index (κ3) is 3.63. The lowest BCUT2D eigenvalue weighted by Gasteiger charge is -2.35. The molecular formula is C22H24N2O4. The standard InChI is InChI=1S/C22H24N2O4/c1-4-22(12-11-19(25)24-21(22)27)16-7-9-17(10-8-16)23-20(26)15-6-5-14(2)18(13-15)28-3/h5-10,13H,4,11-12H2,1-3H3,(H,23,26)(H,24,25,27). The third-order valence-electron chi connectivity index (χ3n) is 5.44. The highest BCUT2D eigenvalue weighted by atomic mass is 16.5. The number of carbonyl (C=O) groups is 3. The maximum Gasteiger partial charge on any atom is 0.255 e. The van der Waals surface area contributed by atoms with Gasteiger partial charge in [-0.25, -0.2) is 0 Å². The van der Waals surface area contributed by atoms with E-state index in [2.05, 4.69) is 10.6 Å². The molecule has 0 radical (unpaired) electrons. The summed E-state index contributed by atoms with van der Waals surface area (Å²) in [6.07, 6.45) is 1.41. The Bertz CT molecular complexity index is 921. The van der Waals surface area contributed by atoms with Crippen molar-refractivity contribution in [3.8, 4) is 5.75 Å². The van der Waals surface area contributed by atoms with E-state index in [1.54, 1.807) is 31.4 Å². The van der Waals surface area contributed by atoms with Gasteiger partial charge in [-0.15, -0.1) is 0 Å². The van der Waals surface area contributed by atoms with Crippen LogP contribution in [-0.4, -0.2) is 24.8 Å². The van der Waals surface area contributed by atoms with Crippen LogP contribution >= 0.6 is 0 Å². The first-order valence-corrected chi connectivity index (χ1v) is 9.30. The highest BCUT2D eigenvalue weighted by Crippen LogP contribution is 2.36. The van der Waals surface area contributed by atoms with Gasteiger partial charge in [-0.05, 0) is 55.2 Å². The number of carbonyl (C=O) groups excluding carboxylic acids is 3. The fraction of sp³-hybridized carbons (Fsp3) is 0.318. The molecule has 1 heterocycles. The predicted molar refractivity (Wildman–Crippen MR) is 106 cm³/mol. The van der Waals surface area contributed by atoms with Gasteiger partial charge in [-0.2, -0.15) is 0 Å². The van der Waals surface area contributed by atoms with E-state index in [1.165, 1.54) is 0 Å². The number of hydrogen-bond donors (Lipinski definition) is 2. The van der Waals surface area contributed by atoms with Gasteiger partial charge >= 0.3 is 0 Å². The summed E-state index contributed by atoms with van der Waals surface area (Å²) in [5, 5.41) is 5.30. The largest absolute Gasteiger partial charge is 0.496 e. The zero-order chi connectivity index (χ0) is 20.3. The number of piperidine rings is 1. The Hall–Kier alpha value is -3.15. The number of nitrogens with one attached hydrogen (secondary N) is 2. The first kappa shape index (κ1) is 19.6. The van der Waals surface area contributed by atoms with E-state index < -0.39 is 5.41 Å². The molecule has 0 aliphatic carbocycles. The van der Waals surface area contributed by atoms with Crippen molar-refractivity contribution in [1.29, 1.82) is 0 Å². The van der Waals surface area contributed by atoms with E-state index >= 15 is 0 Å². The molecule has 28 heavy (non-hydrogen) atoms. The van der Waals surface area contributed by atoms with Crippen LogP contribution in [0.25, 0.3) is 0 Å². The van der Waals surface area contributed by atoms with Crippen molar-refractivity contribution in [3.05, 3.63) is 59.2 Å². The summed E-state index contributed by atoms with van der Waals surface area (Å²) >= 11 is 0. The summed E-state index contributed by atoms with van der Waals surface area (Å²) in [7, 11) is 1.57. The van der Waals surface area contributed by atoms with E-state index in [0.717, 1.165) is 11.1 Å². The molecule has 1 aliphatic rings. The highest BCUT2D eigenvalue weighted by Gasteiger charge is 2.42. The van der Waals surface area contributed by atoms with Gasteiger partial charge in [0, 0.05) is 17.7 Å². The van der Waals surface area contributed by atoms with Crippen molar-refractivity contribution >= 4 is 23.4 Å². The summed E-state index contributed by atoms with van der Waals surface area (Å²) in [6.45, 7) is 3.85. The van der Waals surface area contributed by atoms with Crippen LogP contribution in [0.3, 0.4) is 0 Å². The topological polar surface area (TPSA) is 84.5 Å². The maximum absolute atomic E-state index is 12.5. The average molecular weight is 380 g/mol. The summed E-state index contributed by atoms with van der Waals surface area (Å²) in [5.74, 6) is -0.0655. The van der Waals surface area contributed by atoms with E-state index in [0.29, 0.717) is 36.3 Å². The van der Waals surface area contributed by atoms with E-state index in [9.17, 15) is 14.4 Å². The molecule has 2 aromatic carbocycles. The van der Waals surface area contributed by atoms with Crippen molar-refractivity contribution < 1.29 is 19.1 Å². The molecule has 6 nitrogen and oxygen atoms in total. The van der Waals surface area contributed by atoms with Crippen molar-refractivity contribution in [2.75, 3.05) is 12.4 Å². The average Bonchev–Trinajstić information content (AvgIpc) is 2.69. The number of hydrogen-bond acceptors (Lipinski definition) is 4. The number of ether oxygens (including phenoxy) is 1. The molecule has 3 amide bonds. The third-order valence-corrected chi connectivity index (χ3v) is 5.44. The lowest BCUT2D eigenvalue weighted by molar-refractivity contribution is -0.138. The predicted octanol–water partition coefficient (Wildman–Crippen LogP) is 3.34. The Kier molecular flexibility index (Phi) is 5.49. The SMILES string of the molecule is CCC1(c2ccc(NC(=O)c3ccc(C)c(OC)c3)cc2)CCC(=O)NC1=O. The van der Waals surface area contributed by atoms with Gasteiger partial charge in [0.1, 0.15) is 5.75 Å². The molecule has 1 fully saturated rings. The lowest BCUT2D eigenvalue weighted by Crippen LogP contribution is -2.51. The minimum atomic E-state index is -0.708. The highest BCUT2D eigenvalue weighted by molar-refractivity contribution is 6.05. The molecule has 2 aromatic rings. The van der Waals surface area contributed by atoms with Crippen LogP contribution in [0.2, 0.25) is 0 Å². The van der Waals surface area contributed by atoms with Crippen LogP contribution in [0.15, 0.2) is 42.5 Å². The second kappa shape index (κ2) is 7.84. The molecule has 3 rings (SSSR count). The minimum Gasteiger partial charge on any atom is -0.496 e. The van der Waals surface area contributed by atoms with Crippen LogP contribution in [-0.2, 0) is 15.0 Å². The van der Waals surface area contributed by atoms with Gasteiger partial charge in [-0.1, -0.05) is 25.1 Å². The Morgan fingerprint density at radius 3 is 2.50 bits per heavy atom. The minimum absolute atomic E-state index is 0.230. The molecule has 0 spiro atoms. The Labute approximate surface area is 164 Å². The number of rotatable bonds is 5. The molecular weight excluding hydrogens is 356 g/mol. The van der Waals surface area contributed by atoms with Crippen LogP contribution in [0, 0.1) is 6.92 Å². The zero-order valence-corrected chi connectivity index (χ0v) is 16.3. The van der Waals surface area contributed by atoms with Gasteiger partial charge in [0.05, 0.1) is 12.5 Å². The summed E-state index contributed by atoms with van der Waals surface area (Å²) in [5.41, 5.74) is 2.22. The zero-order valence-electron chi connectivity index (χ0n) is 16.3. The number of benzene rings is 2. The number of amides is 3. The molecule has 0 bridgehead atoms. The van der Waals surface area contributed by atoms with Crippen LogP contribution < -0.4 is 15.4 Å². The Morgan fingerprint density at radius 2 is 1.89 bits per heavy atom. The number of anilines is 1. The van der Waals surface area contributed by atoms with Crippen LogP contribution in [0.5, 0.6) is 5.75 Å². The second-order valence-corrected chi connectivity index (χ2v) is 7.03. The number of methoxy groups -OCH3 is 1. The monoisotopic (exact) mass is 380 g/mol. The molecule has 1 saturated heterocycles. The second-order valence-electron chi connectivity index (χ2n) is 7.03. The van der Waals surface area contributed by atoms with Gasteiger partial charge in [-0.3, -0.25) is 19.7 Å². The molecule has 1 unspecified atom stereocenters. The fourth-order valence-electron chi connectivity index (χ4n) is 3.60. The van der Waals surface area contributed by atoms with Crippen molar-refractivity contribution in [2.24, 2.45) is 0 Å². The molecule has 0 saturated carbocycles. The first-order chi connectivity index (χ1) is 13.4. The van der Waals surface area contributed by atoms with E-state index in [4.69, 9.17) is 4.74 Å². The van der Waals surface area contributed by atoms with Crippen molar-refractivity contribution in [1.82, 2.24) is 5.32 Å².